The normalized spacial score (nSPS) is 17.8. The molecule has 2 rings (SSSR count). The molecule has 1 aromatic carbocycles. The van der Waals surface area contributed by atoms with Crippen molar-refractivity contribution in [2.45, 2.75) is 33.2 Å². The molecule has 1 aliphatic rings. The molecular formula is C16H25BrN2. The fourth-order valence-corrected chi connectivity index (χ4v) is 3.01. The zero-order valence-electron chi connectivity index (χ0n) is 12.1. The van der Waals surface area contributed by atoms with Gasteiger partial charge in [-0.2, -0.15) is 0 Å². The van der Waals surface area contributed by atoms with Gasteiger partial charge >= 0.3 is 0 Å². The van der Waals surface area contributed by atoms with Crippen molar-refractivity contribution in [2.24, 2.45) is 5.92 Å². The smallest absolute Gasteiger partial charge is 0.0233 e. The highest BCUT2D eigenvalue weighted by molar-refractivity contribution is 9.10. The third-order valence-electron chi connectivity index (χ3n) is 4.02. The van der Waals surface area contributed by atoms with Gasteiger partial charge in [-0.05, 0) is 69.1 Å². The van der Waals surface area contributed by atoms with E-state index in [0.717, 1.165) is 19.0 Å². The van der Waals surface area contributed by atoms with Crippen LogP contribution in [0.2, 0.25) is 0 Å². The van der Waals surface area contributed by atoms with Crippen LogP contribution >= 0.6 is 15.9 Å². The van der Waals surface area contributed by atoms with Crippen molar-refractivity contribution in [3.8, 4) is 0 Å². The largest absolute Gasteiger partial charge is 0.317 e. The van der Waals surface area contributed by atoms with Crippen molar-refractivity contribution < 1.29 is 0 Å². The van der Waals surface area contributed by atoms with Gasteiger partial charge in [0.1, 0.15) is 0 Å². The Hall–Kier alpha value is -0.380. The SMILES string of the molecule is CCNCC1CCN(Cc2ccc(Br)c(C)c2)CC1. The number of aryl methyl sites for hydroxylation is 1. The van der Waals surface area contributed by atoms with Crippen molar-refractivity contribution >= 4 is 15.9 Å². The van der Waals surface area contributed by atoms with Gasteiger partial charge in [-0.3, -0.25) is 4.90 Å². The molecule has 1 aliphatic heterocycles. The minimum Gasteiger partial charge on any atom is -0.317 e. The van der Waals surface area contributed by atoms with Crippen molar-refractivity contribution in [2.75, 3.05) is 26.2 Å². The topological polar surface area (TPSA) is 15.3 Å². The van der Waals surface area contributed by atoms with Crippen LogP contribution in [0.4, 0.5) is 0 Å². The molecule has 1 heterocycles. The van der Waals surface area contributed by atoms with Gasteiger partial charge in [0.15, 0.2) is 0 Å². The summed E-state index contributed by atoms with van der Waals surface area (Å²) in [5, 5.41) is 3.47. The Kier molecular flexibility index (Phi) is 5.86. The van der Waals surface area contributed by atoms with Crippen LogP contribution < -0.4 is 5.32 Å². The molecule has 0 bridgehead atoms. The van der Waals surface area contributed by atoms with E-state index in [1.165, 1.54) is 48.1 Å². The fourth-order valence-electron chi connectivity index (χ4n) is 2.76. The summed E-state index contributed by atoms with van der Waals surface area (Å²) in [5.74, 6) is 0.878. The maximum Gasteiger partial charge on any atom is 0.0233 e. The second kappa shape index (κ2) is 7.41. The minimum atomic E-state index is 0.878. The molecule has 2 nitrogen and oxygen atoms in total. The Labute approximate surface area is 125 Å². The van der Waals surface area contributed by atoms with E-state index in [2.05, 4.69) is 58.2 Å². The lowest BCUT2D eigenvalue weighted by atomic mass is 9.96. The second-order valence-corrected chi connectivity index (χ2v) is 6.47. The summed E-state index contributed by atoms with van der Waals surface area (Å²) in [6.07, 6.45) is 2.67. The number of piperidine rings is 1. The fraction of sp³-hybridized carbons (Fsp3) is 0.625. The maximum absolute atomic E-state index is 3.57. The summed E-state index contributed by atoms with van der Waals surface area (Å²) < 4.78 is 1.21. The van der Waals surface area contributed by atoms with Gasteiger partial charge in [-0.1, -0.05) is 35.0 Å². The highest BCUT2D eigenvalue weighted by Crippen LogP contribution is 2.21. The summed E-state index contributed by atoms with van der Waals surface area (Å²) in [7, 11) is 0. The molecule has 0 amide bonds. The summed E-state index contributed by atoms with van der Waals surface area (Å²) in [6, 6.07) is 6.71. The summed E-state index contributed by atoms with van der Waals surface area (Å²) in [5.41, 5.74) is 2.77. The first kappa shape index (κ1) is 15.0. The van der Waals surface area contributed by atoms with E-state index in [1.807, 2.05) is 0 Å². The summed E-state index contributed by atoms with van der Waals surface area (Å²) in [6.45, 7) is 10.2. The molecule has 0 radical (unpaired) electrons. The number of hydrogen-bond acceptors (Lipinski definition) is 2. The molecule has 1 aromatic rings. The number of nitrogens with one attached hydrogen (secondary N) is 1. The molecule has 1 N–H and O–H groups in total. The van der Waals surface area contributed by atoms with Crippen LogP contribution in [-0.2, 0) is 6.54 Å². The molecule has 0 aliphatic carbocycles. The van der Waals surface area contributed by atoms with Crippen molar-refractivity contribution in [1.29, 1.82) is 0 Å². The highest BCUT2D eigenvalue weighted by atomic mass is 79.9. The van der Waals surface area contributed by atoms with Crippen LogP contribution in [0.25, 0.3) is 0 Å². The van der Waals surface area contributed by atoms with E-state index in [0.29, 0.717) is 0 Å². The second-order valence-electron chi connectivity index (χ2n) is 5.61. The molecule has 19 heavy (non-hydrogen) atoms. The zero-order valence-corrected chi connectivity index (χ0v) is 13.7. The maximum atomic E-state index is 3.57. The third-order valence-corrected chi connectivity index (χ3v) is 4.91. The molecule has 0 saturated carbocycles. The van der Waals surface area contributed by atoms with Gasteiger partial charge in [0.05, 0.1) is 0 Å². The van der Waals surface area contributed by atoms with E-state index < -0.39 is 0 Å². The van der Waals surface area contributed by atoms with Gasteiger partial charge in [0.25, 0.3) is 0 Å². The average Bonchev–Trinajstić information content (AvgIpc) is 2.42. The Morgan fingerprint density at radius 3 is 2.68 bits per heavy atom. The minimum absolute atomic E-state index is 0.878. The molecule has 0 aromatic heterocycles. The molecule has 0 unspecified atom stereocenters. The Balaban J connectivity index is 1.80. The van der Waals surface area contributed by atoms with E-state index in [-0.39, 0.29) is 0 Å². The first-order valence-electron chi connectivity index (χ1n) is 7.37. The third kappa shape index (κ3) is 4.59. The van der Waals surface area contributed by atoms with Crippen LogP contribution in [-0.4, -0.2) is 31.1 Å². The lowest BCUT2D eigenvalue weighted by Crippen LogP contribution is -2.36. The quantitative estimate of drug-likeness (QED) is 0.890. The molecule has 106 valence electrons. The van der Waals surface area contributed by atoms with Crippen molar-refractivity contribution in [3.63, 3.8) is 0 Å². The summed E-state index contributed by atoms with van der Waals surface area (Å²) in [4.78, 5) is 2.59. The first-order valence-corrected chi connectivity index (χ1v) is 8.16. The first-order chi connectivity index (χ1) is 9.19. The molecule has 1 saturated heterocycles. The Bertz CT molecular complexity index is 398. The van der Waals surface area contributed by atoms with Crippen molar-refractivity contribution in [3.05, 3.63) is 33.8 Å². The monoisotopic (exact) mass is 324 g/mol. The Morgan fingerprint density at radius 2 is 2.05 bits per heavy atom. The van der Waals surface area contributed by atoms with E-state index in [1.54, 1.807) is 0 Å². The Morgan fingerprint density at radius 1 is 1.32 bits per heavy atom. The van der Waals surface area contributed by atoms with Gasteiger partial charge < -0.3 is 5.32 Å². The van der Waals surface area contributed by atoms with Gasteiger partial charge in [0.2, 0.25) is 0 Å². The van der Waals surface area contributed by atoms with Gasteiger partial charge in [-0.15, -0.1) is 0 Å². The van der Waals surface area contributed by atoms with E-state index in [4.69, 9.17) is 0 Å². The van der Waals surface area contributed by atoms with E-state index >= 15 is 0 Å². The van der Waals surface area contributed by atoms with E-state index in [9.17, 15) is 0 Å². The number of benzene rings is 1. The van der Waals surface area contributed by atoms with Gasteiger partial charge in [-0.25, -0.2) is 0 Å². The molecule has 1 fully saturated rings. The standard InChI is InChI=1S/C16H25BrN2/c1-3-18-11-14-6-8-19(9-7-14)12-15-4-5-16(17)13(2)10-15/h4-5,10,14,18H,3,6-9,11-12H2,1-2H3. The predicted octanol–water partition coefficient (Wildman–Crippen LogP) is 3.58. The van der Waals surface area contributed by atoms with Crippen LogP contribution in [0.1, 0.15) is 30.9 Å². The molecule has 0 spiro atoms. The van der Waals surface area contributed by atoms with Gasteiger partial charge in [0, 0.05) is 11.0 Å². The van der Waals surface area contributed by atoms with Crippen molar-refractivity contribution in [1.82, 2.24) is 10.2 Å². The van der Waals surface area contributed by atoms with Crippen LogP contribution in [0.5, 0.6) is 0 Å². The predicted molar refractivity (Wildman–Crippen MR) is 85.4 cm³/mol. The average molecular weight is 325 g/mol. The lowest BCUT2D eigenvalue weighted by Gasteiger charge is -2.32. The number of halogens is 1. The number of nitrogens with zero attached hydrogens (tertiary/aromatic N) is 1. The summed E-state index contributed by atoms with van der Waals surface area (Å²) >= 11 is 3.57. The highest BCUT2D eigenvalue weighted by Gasteiger charge is 2.18. The number of likely N-dealkylation sites (tertiary alicyclic amines) is 1. The zero-order chi connectivity index (χ0) is 13.7. The molecular weight excluding hydrogens is 300 g/mol. The lowest BCUT2D eigenvalue weighted by molar-refractivity contribution is 0.176. The molecule has 0 atom stereocenters. The van der Waals surface area contributed by atoms with Crippen LogP contribution in [0.15, 0.2) is 22.7 Å². The van der Waals surface area contributed by atoms with Crippen LogP contribution in [0.3, 0.4) is 0 Å². The number of hydrogen-bond donors (Lipinski definition) is 1. The number of rotatable bonds is 5. The van der Waals surface area contributed by atoms with Crippen LogP contribution in [0, 0.1) is 12.8 Å². The molecule has 3 heteroatoms.